The summed E-state index contributed by atoms with van der Waals surface area (Å²) >= 11 is 2.26. The summed E-state index contributed by atoms with van der Waals surface area (Å²) in [5.74, 6) is 1.79. The number of methoxy groups -OCH3 is 2. The maximum atomic E-state index is 5.28. The summed E-state index contributed by atoms with van der Waals surface area (Å²) in [6, 6.07) is 42.6. The number of aryl methyl sites for hydroxylation is 4. The standard InChI is InChI=1S/C21H19NO.C14H13N.C7H7IO.CH4/c1-14-4-10-20-18(12-14)19-13-15(2)5-11-21(19)22(20)16-6-8-17(23-3)9-7-16;1-9-3-5-13-11(7-9)12-8-10(2)4-6-14(12)15-13;1-9-7-4-2-6(8)3-5-7;/h4-13H,1-3H3;3-8,15H,1-2H3;2-5H,1H3;1H4. The molecule has 0 radical (unpaired) electrons. The number of hydrogen-bond acceptors (Lipinski definition) is 2. The number of nitrogens with one attached hydrogen (secondary N) is 1. The normalized spacial score (nSPS) is 10.6. The topological polar surface area (TPSA) is 39.2 Å². The van der Waals surface area contributed by atoms with Crippen molar-refractivity contribution in [2.45, 2.75) is 35.1 Å². The molecule has 0 aliphatic heterocycles. The molecular formula is C43H43IN2O2. The van der Waals surface area contributed by atoms with Crippen molar-refractivity contribution in [3.63, 3.8) is 0 Å². The quantitative estimate of drug-likeness (QED) is 0.183. The minimum atomic E-state index is 0. The van der Waals surface area contributed by atoms with Gasteiger partial charge in [0.2, 0.25) is 0 Å². The van der Waals surface area contributed by atoms with Crippen LogP contribution in [0, 0.1) is 31.3 Å². The van der Waals surface area contributed by atoms with E-state index in [0.717, 1.165) is 17.2 Å². The predicted octanol–water partition coefficient (Wildman–Crippen LogP) is 12.3. The molecule has 0 aliphatic carbocycles. The van der Waals surface area contributed by atoms with E-state index < -0.39 is 0 Å². The lowest BCUT2D eigenvalue weighted by molar-refractivity contribution is 0.414. The summed E-state index contributed by atoms with van der Waals surface area (Å²) in [5.41, 5.74) is 11.3. The summed E-state index contributed by atoms with van der Waals surface area (Å²) in [5, 5.41) is 5.27. The van der Waals surface area contributed by atoms with E-state index in [1.54, 1.807) is 14.2 Å². The van der Waals surface area contributed by atoms with Gasteiger partial charge in [0.05, 0.1) is 25.3 Å². The lowest BCUT2D eigenvalue weighted by Crippen LogP contribution is -1.94. The van der Waals surface area contributed by atoms with Gasteiger partial charge in [0.1, 0.15) is 11.5 Å². The smallest absolute Gasteiger partial charge is 0.119 e. The van der Waals surface area contributed by atoms with Crippen LogP contribution in [0.4, 0.5) is 0 Å². The van der Waals surface area contributed by atoms with Crippen molar-refractivity contribution in [1.29, 1.82) is 0 Å². The SMILES string of the molecule is C.COc1ccc(-n2c3ccc(C)cc3c3cc(C)ccc32)cc1.COc1ccc(I)cc1.Cc1ccc2[nH]c3ccc(C)cc3c2c1. The van der Waals surface area contributed by atoms with E-state index in [1.807, 2.05) is 36.4 Å². The monoisotopic (exact) mass is 746 g/mol. The zero-order chi connectivity index (χ0) is 33.1. The number of fused-ring (bicyclic) bond motifs is 6. The number of hydrogen-bond donors (Lipinski definition) is 1. The molecule has 2 aromatic heterocycles. The molecule has 0 amide bonds. The molecule has 244 valence electrons. The van der Waals surface area contributed by atoms with Crippen LogP contribution in [0.3, 0.4) is 0 Å². The Morgan fingerprint density at radius 1 is 0.479 bits per heavy atom. The zero-order valence-electron chi connectivity index (χ0n) is 27.7. The minimum absolute atomic E-state index is 0. The van der Waals surface area contributed by atoms with E-state index in [-0.39, 0.29) is 7.43 Å². The molecule has 6 aromatic carbocycles. The van der Waals surface area contributed by atoms with Gasteiger partial charge < -0.3 is 19.0 Å². The largest absolute Gasteiger partial charge is 0.497 e. The molecule has 48 heavy (non-hydrogen) atoms. The van der Waals surface area contributed by atoms with Gasteiger partial charge in [-0.15, -0.1) is 0 Å². The van der Waals surface area contributed by atoms with E-state index in [0.29, 0.717) is 0 Å². The predicted molar refractivity (Wildman–Crippen MR) is 215 cm³/mol. The molecular weight excluding hydrogens is 703 g/mol. The highest BCUT2D eigenvalue weighted by atomic mass is 127. The van der Waals surface area contributed by atoms with E-state index in [1.165, 1.54) is 69.4 Å². The van der Waals surface area contributed by atoms with E-state index in [2.05, 4.69) is 145 Å². The van der Waals surface area contributed by atoms with Crippen LogP contribution < -0.4 is 9.47 Å². The zero-order valence-corrected chi connectivity index (χ0v) is 29.8. The van der Waals surface area contributed by atoms with Crippen molar-refractivity contribution in [1.82, 2.24) is 9.55 Å². The second-order valence-corrected chi connectivity index (χ2v) is 13.2. The third-order valence-corrected chi connectivity index (χ3v) is 9.08. The van der Waals surface area contributed by atoms with Crippen molar-refractivity contribution in [2.24, 2.45) is 0 Å². The summed E-state index contributed by atoms with van der Waals surface area (Å²) < 4.78 is 13.8. The van der Waals surface area contributed by atoms with Crippen molar-refractivity contribution in [2.75, 3.05) is 14.2 Å². The molecule has 0 saturated heterocycles. The van der Waals surface area contributed by atoms with Gasteiger partial charge in [-0.2, -0.15) is 0 Å². The van der Waals surface area contributed by atoms with E-state index in [4.69, 9.17) is 9.47 Å². The Labute approximate surface area is 297 Å². The van der Waals surface area contributed by atoms with Gasteiger partial charge in [0.15, 0.2) is 0 Å². The molecule has 0 spiro atoms. The van der Waals surface area contributed by atoms with Crippen molar-refractivity contribution >= 4 is 66.2 Å². The molecule has 0 bridgehead atoms. The maximum Gasteiger partial charge on any atom is 0.119 e. The van der Waals surface area contributed by atoms with Crippen LogP contribution in [0.5, 0.6) is 11.5 Å². The lowest BCUT2D eigenvalue weighted by atomic mass is 10.1. The first-order valence-electron chi connectivity index (χ1n) is 15.7. The second kappa shape index (κ2) is 15.0. The van der Waals surface area contributed by atoms with Crippen LogP contribution in [0.25, 0.3) is 49.3 Å². The Bertz CT molecular complexity index is 2200. The van der Waals surface area contributed by atoms with Gasteiger partial charge in [0, 0.05) is 41.8 Å². The lowest BCUT2D eigenvalue weighted by Gasteiger charge is -2.09. The Morgan fingerprint density at radius 3 is 1.27 bits per heavy atom. The van der Waals surface area contributed by atoms with Gasteiger partial charge in [-0.1, -0.05) is 53.9 Å². The second-order valence-electron chi connectivity index (χ2n) is 12.0. The number of H-pyrrole nitrogens is 1. The van der Waals surface area contributed by atoms with Crippen molar-refractivity contribution in [3.05, 3.63) is 147 Å². The first-order chi connectivity index (χ1) is 22.7. The van der Waals surface area contributed by atoms with Crippen LogP contribution in [-0.4, -0.2) is 23.8 Å². The molecule has 4 nitrogen and oxygen atoms in total. The molecule has 1 N–H and O–H groups in total. The number of halogens is 1. The highest BCUT2D eigenvalue weighted by Gasteiger charge is 2.12. The summed E-state index contributed by atoms with van der Waals surface area (Å²) in [6.07, 6.45) is 0. The third-order valence-electron chi connectivity index (χ3n) is 8.37. The van der Waals surface area contributed by atoms with Crippen LogP contribution in [-0.2, 0) is 0 Å². The Hall–Kier alpha value is -4.75. The van der Waals surface area contributed by atoms with Crippen molar-refractivity contribution < 1.29 is 9.47 Å². The summed E-state index contributed by atoms with van der Waals surface area (Å²) in [4.78, 5) is 3.43. The maximum absolute atomic E-state index is 5.28. The Morgan fingerprint density at radius 2 is 0.854 bits per heavy atom. The van der Waals surface area contributed by atoms with Crippen LogP contribution in [0.15, 0.2) is 121 Å². The van der Waals surface area contributed by atoms with Gasteiger partial charge >= 0.3 is 0 Å². The number of aromatic nitrogens is 2. The third kappa shape index (κ3) is 7.37. The average Bonchev–Trinajstić information content (AvgIpc) is 3.60. The first-order valence-corrected chi connectivity index (χ1v) is 16.8. The molecule has 0 unspecified atom stereocenters. The average molecular weight is 747 g/mol. The molecule has 0 saturated carbocycles. The summed E-state index contributed by atoms with van der Waals surface area (Å²) in [7, 11) is 3.36. The fraction of sp³-hybridized carbons (Fsp3) is 0.163. The fourth-order valence-electron chi connectivity index (χ4n) is 5.96. The van der Waals surface area contributed by atoms with E-state index in [9.17, 15) is 0 Å². The Kier molecular flexibility index (Phi) is 10.8. The van der Waals surface area contributed by atoms with Gasteiger partial charge in [0.25, 0.3) is 0 Å². The molecule has 2 heterocycles. The van der Waals surface area contributed by atoms with Gasteiger partial charge in [-0.05, 0) is 147 Å². The first kappa shape index (κ1) is 34.6. The number of benzene rings is 6. The van der Waals surface area contributed by atoms with Crippen molar-refractivity contribution in [3.8, 4) is 17.2 Å². The van der Waals surface area contributed by atoms with E-state index >= 15 is 0 Å². The minimum Gasteiger partial charge on any atom is -0.497 e. The number of aromatic amines is 1. The molecule has 0 fully saturated rings. The molecule has 0 atom stereocenters. The molecule has 8 aromatic rings. The van der Waals surface area contributed by atoms with Crippen LogP contribution in [0.1, 0.15) is 29.7 Å². The Balaban J connectivity index is 0.000000155. The van der Waals surface area contributed by atoms with Gasteiger partial charge in [-0.3, -0.25) is 0 Å². The molecule has 0 aliphatic rings. The molecule has 8 rings (SSSR count). The highest BCUT2D eigenvalue weighted by molar-refractivity contribution is 14.1. The van der Waals surface area contributed by atoms with Crippen LogP contribution in [0.2, 0.25) is 0 Å². The van der Waals surface area contributed by atoms with Gasteiger partial charge in [-0.25, -0.2) is 0 Å². The summed E-state index contributed by atoms with van der Waals surface area (Å²) in [6.45, 7) is 8.56. The molecule has 5 heteroatoms. The van der Waals surface area contributed by atoms with Crippen LogP contribution >= 0.6 is 22.6 Å². The number of ether oxygens (including phenoxy) is 2. The fourth-order valence-corrected chi connectivity index (χ4v) is 6.32. The highest BCUT2D eigenvalue weighted by Crippen LogP contribution is 2.33. The number of rotatable bonds is 3. The number of nitrogens with zero attached hydrogens (tertiary/aromatic N) is 1.